The zero-order valence-electron chi connectivity index (χ0n) is 36.5. The zero-order valence-corrected chi connectivity index (χ0v) is 37.2. The van der Waals surface area contributed by atoms with E-state index in [9.17, 15) is 24.0 Å². The molecule has 0 aliphatic carbocycles. The van der Waals surface area contributed by atoms with Gasteiger partial charge in [-0.3, -0.25) is 9.59 Å². The van der Waals surface area contributed by atoms with Gasteiger partial charge in [0.2, 0.25) is 6.41 Å². The van der Waals surface area contributed by atoms with Crippen LogP contribution in [0.15, 0.2) is 74.1 Å². The molecule has 1 atom stereocenters. The van der Waals surface area contributed by atoms with Gasteiger partial charge in [0.15, 0.2) is 34.6 Å². The SMILES string of the molecule is C.C.C=CC(C)(C)C(=O)C(Cl)C(=O)OCC.C=CC(C)(C)c1[nH]cnc1C(=O)O.C=CC(C)(C)c1[nH]cnc1C(=O)OCC.C=CC(C)(C)c1ocnc1C(=O)OCC.NC=O. The number of alkyl halides is 1. The van der Waals surface area contributed by atoms with Crippen molar-refractivity contribution >= 4 is 47.7 Å². The molecule has 18 heteroatoms. The average molecular weight is 894 g/mol. The highest BCUT2D eigenvalue weighted by molar-refractivity contribution is 6.41. The molecule has 0 aliphatic heterocycles. The van der Waals surface area contributed by atoms with Crippen LogP contribution < -0.4 is 5.73 Å². The first-order valence-corrected chi connectivity index (χ1v) is 18.9. The largest absolute Gasteiger partial charge is 0.476 e. The number of nitrogens with one attached hydrogen (secondary N) is 2. The van der Waals surface area contributed by atoms with Gasteiger partial charge in [0, 0.05) is 21.7 Å². The number of imidazole rings is 2. The summed E-state index contributed by atoms with van der Waals surface area (Å²) in [5.74, 6) is -2.50. The minimum atomic E-state index is -1.25. The van der Waals surface area contributed by atoms with Crippen LogP contribution in [-0.2, 0) is 44.8 Å². The number of carbonyl (C=O) groups is 6. The highest BCUT2D eigenvalue weighted by Crippen LogP contribution is 2.28. The number of H-pyrrole nitrogens is 2. The summed E-state index contributed by atoms with van der Waals surface area (Å²) >= 11 is 5.65. The predicted octanol–water partition coefficient (Wildman–Crippen LogP) is 8.25. The molecule has 62 heavy (non-hydrogen) atoms. The number of halogens is 1. The maximum atomic E-state index is 11.6. The molecule has 17 nitrogen and oxygen atoms in total. The quantitative estimate of drug-likeness (QED) is 0.0264. The summed E-state index contributed by atoms with van der Waals surface area (Å²) in [6, 6.07) is 0. The maximum Gasteiger partial charge on any atom is 0.360 e. The van der Waals surface area contributed by atoms with Crippen LogP contribution in [0.3, 0.4) is 0 Å². The Morgan fingerprint density at radius 3 is 1.48 bits per heavy atom. The van der Waals surface area contributed by atoms with Gasteiger partial charge in [-0.1, -0.05) is 66.9 Å². The third kappa shape index (κ3) is 19.1. The Labute approximate surface area is 371 Å². The van der Waals surface area contributed by atoms with Crippen LogP contribution in [-0.4, -0.2) is 91.3 Å². The summed E-state index contributed by atoms with van der Waals surface area (Å²) in [6.45, 7) is 35.4. The smallest absolute Gasteiger partial charge is 0.360 e. The van der Waals surface area contributed by atoms with E-state index >= 15 is 0 Å². The maximum absolute atomic E-state index is 11.6. The summed E-state index contributed by atoms with van der Waals surface area (Å²) in [4.78, 5) is 82.4. The number of carboxylic acids is 1. The van der Waals surface area contributed by atoms with Crippen molar-refractivity contribution in [3.63, 3.8) is 0 Å². The van der Waals surface area contributed by atoms with E-state index in [4.69, 9.17) is 35.4 Å². The summed E-state index contributed by atoms with van der Waals surface area (Å²) in [5.41, 5.74) is 4.14. The number of ketones is 1. The number of carbonyl (C=O) groups excluding carboxylic acids is 5. The zero-order chi connectivity index (χ0) is 47.1. The van der Waals surface area contributed by atoms with Gasteiger partial charge < -0.3 is 39.4 Å². The van der Waals surface area contributed by atoms with Crippen LogP contribution in [0.1, 0.15) is 140 Å². The molecule has 3 aromatic rings. The van der Waals surface area contributed by atoms with Crippen molar-refractivity contribution in [3.05, 3.63) is 104 Å². The van der Waals surface area contributed by atoms with Crippen LogP contribution >= 0.6 is 11.6 Å². The van der Waals surface area contributed by atoms with Crippen molar-refractivity contribution in [3.8, 4) is 0 Å². The Balaban J connectivity index is -0.000000350. The number of hydrogen-bond donors (Lipinski definition) is 4. The number of primary amides is 1. The van der Waals surface area contributed by atoms with Crippen molar-refractivity contribution in [2.75, 3.05) is 19.8 Å². The molecule has 0 fully saturated rings. The summed E-state index contributed by atoms with van der Waals surface area (Å²) in [7, 11) is 0. The second kappa shape index (κ2) is 29.2. The molecule has 0 saturated heterocycles. The van der Waals surface area contributed by atoms with Gasteiger partial charge in [-0.2, -0.15) is 0 Å². The van der Waals surface area contributed by atoms with Gasteiger partial charge in [0.1, 0.15) is 5.76 Å². The van der Waals surface area contributed by atoms with Crippen molar-refractivity contribution in [2.45, 2.75) is 113 Å². The second-order valence-corrected chi connectivity index (χ2v) is 14.8. The molecule has 0 aromatic carbocycles. The van der Waals surface area contributed by atoms with E-state index in [1.54, 1.807) is 52.8 Å². The Bertz CT molecular complexity index is 1830. The highest BCUT2D eigenvalue weighted by atomic mass is 35.5. The minimum Gasteiger partial charge on any atom is -0.476 e. The number of amides is 1. The lowest BCUT2D eigenvalue weighted by Gasteiger charge is -2.20. The van der Waals surface area contributed by atoms with E-state index in [0.717, 1.165) is 5.69 Å². The lowest BCUT2D eigenvalue weighted by molar-refractivity contribution is -0.146. The van der Waals surface area contributed by atoms with E-state index in [-0.39, 0.29) is 44.7 Å². The number of aromatic nitrogens is 5. The van der Waals surface area contributed by atoms with Crippen LogP contribution in [0, 0.1) is 5.41 Å². The Kier molecular flexibility index (Phi) is 29.5. The molecular formula is C44H69ClN6O11. The number of ether oxygens (including phenoxy) is 3. The van der Waals surface area contributed by atoms with Gasteiger partial charge in [-0.05, 0) is 48.5 Å². The van der Waals surface area contributed by atoms with E-state index in [1.807, 2.05) is 41.5 Å². The first-order valence-electron chi connectivity index (χ1n) is 18.5. The number of oxazole rings is 1. The third-order valence-corrected chi connectivity index (χ3v) is 8.64. The lowest BCUT2D eigenvalue weighted by Crippen LogP contribution is -2.36. The summed E-state index contributed by atoms with van der Waals surface area (Å²) in [6.07, 6.45) is 11.0. The predicted molar refractivity (Wildman–Crippen MR) is 241 cm³/mol. The van der Waals surface area contributed by atoms with Crippen LogP contribution in [0.2, 0.25) is 0 Å². The molecule has 348 valence electrons. The number of Topliss-reactive ketones (excluding diaryl/α,β-unsaturated/α-hetero) is 1. The topological polar surface area (TPSA) is 260 Å². The number of nitrogens with zero attached hydrogens (tertiary/aromatic N) is 3. The Morgan fingerprint density at radius 1 is 0.726 bits per heavy atom. The number of rotatable bonds is 16. The van der Waals surface area contributed by atoms with E-state index < -0.39 is 51.3 Å². The van der Waals surface area contributed by atoms with Gasteiger partial charge in [-0.15, -0.1) is 37.9 Å². The molecule has 0 aliphatic rings. The van der Waals surface area contributed by atoms with Crippen molar-refractivity contribution in [1.29, 1.82) is 0 Å². The van der Waals surface area contributed by atoms with Gasteiger partial charge in [0.25, 0.3) is 0 Å². The Morgan fingerprint density at radius 2 is 1.11 bits per heavy atom. The third-order valence-electron chi connectivity index (χ3n) is 8.26. The Hall–Kier alpha value is -6.10. The molecule has 1 amide bonds. The standard InChI is InChI=1S/C11H16N2O2.C11H15NO3.C10H15ClO3.C9H12N2O2.CH3NO.2CH4/c1-5-11(3,4)9-8(12-7-13-9)10(14)15-6-2;1-5-11(3,4)9-8(12-7-15-9)10(13)14-6-2;1-5-10(3,4)8(12)7(11)9(13)14-6-2;1-4-9(2,3)7-6(8(12)13)10-5-11-7;2-1-3;;/h5,7H,1,6H2,2-4H3,(H,12,13);5,7H,1,6H2,2-4H3;5,7H,1,6H2,2-4H3;4-5H,1H2,2-3H3,(H,10,11)(H,12,13);1H,(H2,2,3);2*1H4. The van der Waals surface area contributed by atoms with E-state index in [1.165, 1.54) is 25.1 Å². The molecule has 3 aromatic heterocycles. The number of aromatic carboxylic acids is 1. The number of allylic oxidation sites excluding steroid dienone is 4. The molecule has 3 rings (SSSR count). The molecule has 1 unspecified atom stereocenters. The first kappa shape index (κ1) is 62.5. The molecule has 0 radical (unpaired) electrons. The van der Waals surface area contributed by atoms with Gasteiger partial charge in [-0.25, -0.2) is 34.1 Å². The molecule has 5 N–H and O–H groups in total. The van der Waals surface area contributed by atoms with Crippen LogP contribution in [0.4, 0.5) is 0 Å². The molecule has 0 spiro atoms. The lowest BCUT2D eigenvalue weighted by atomic mass is 9.86. The number of nitrogens with two attached hydrogens (primary N) is 1. The summed E-state index contributed by atoms with van der Waals surface area (Å²) < 4.78 is 19.6. The summed E-state index contributed by atoms with van der Waals surface area (Å²) in [5, 5.41) is 7.55. The fraction of sp³-hybridized carbons (Fsp3) is 0.477. The van der Waals surface area contributed by atoms with E-state index in [2.05, 4.69) is 61.7 Å². The number of hydrogen-bond acceptors (Lipinski definition) is 13. The van der Waals surface area contributed by atoms with Crippen LogP contribution in [0.5, 0.6) is 0 Å². The number of carboxylic acid groups (broad SMARTS) is 1. The average Bonchev–Trinajstić information content (AvgIpc) is 4.01. The van der Waals surface area contributed by atoms with Crippen molar-refractivity contribution in [1.82, 2.24) is 24.9 Å². The van der Waals surface area contributed by atoms with Crippen LogP contribution in [0.25, 0.3) is 0 Å². The van der Waals surface area contributed by atoms with Gasteiger partial charge in [0.05, 0.1) is 43.9 Å². The fourth-order valence-electron chi connectivity index (χ4n) is 4.18. The molecular weight excluding hydrogens is 824 g/mol. The number of esters is 3. The fourth-order valence-corrected chi connectivity index (χ4v) is 4.53. The van der Waals surface area contributed by atoms with Crippen molar-refractivity contribution < 1.29 is 52.5 Å². The normalized spacial score (nSPS) is 10.9. The second-order valence-electron chi connectivity index (χ2n) is 14.3. The minimum absolute atomic E-state index is 0. The number of aromatic amines is 2. The highest BCUT2D eigenvalue weighted by Gasteiger charge is 2.35. The molecule has 3 heterocycles. The molecule has 0 saturated carbocycles. The van der Waals surface area contributed by atoms with Crippen molar-refractivity contribution in [2.24, 2.45) is 11.1 Å². The van der Waals surface area contributed by atoms with Gasteiger partial charge >= 0.3 is 23.9 Å². The van der Waals surface area contributed by atoms with E-state index in [0.29, 0.717) is 30.4 Å². The first-order chi connectivity index (χ1) is 27.8. The molecule has 0 bridgehead atoms. The monoisotopic (exact) mass is 892 g/mol.